The zero-order chi connectivity index (χ0) is 8.27. The molecule has 66 valence electrons. The first-order chi connectivity index (χ1) is 5.20. The fourth-order valence-corrected chi connectivity index (χ4v) is 1.68. The SMILES string of the molecule is CC1CCNC1CCN(C)C. The number of nitrogens with one attached hydrogen (secondary N) is 1. The van der Waals surface area contributed by atoms with Crippen LogP contribution in [0.15, 0.2) is 0 Å². The van der Waals surface area contributed by atoms with Crippen LogP contribution in [0.2, 0.25) is 0 Å². The molecule has 1 heterocycles. The van der Waals surface area contributed by atoms with Crippen molar-refractivity contribution in [2.24, 2.45) is 5.92 Å². The Labute approximate surface area is 70.0 Å². The van der Waals surface area contributed by atoms with E-state index in [2.05, 4.69) is 31.2 Å². The van der Waals surface area contributed by atoms with Crippen molar-refractivity contribution in [3.05, 3.63) is 0 Å². The fraction of sp³-hybridized carbons (Fsp3) is 1.00. The van der Waals surface area contributed by atoms with Crippen LogP contribution in [0.3, 0.4) is 0 Å². The minimum Gasteiger partial charge on any atom is -0.314 e. The zero-order valence-electron chi connectivity index (χ0n) is 7.93. The number of nitrogens with zero attached hydrogens (tertiary/aromatic N) is 1. The Morgan fingerprint density at radius 2 is 2.18 bits per heavy atom. The van der Waals surface area contributed by atoms with Crippen molar-refractivity contribution in [2.75, 3.05) is 27.2 Å². The van der Waals surface area contributed by atoms with E-state index in [4.69, 9.17) is 0 Å². The second-order valence-electron chi connectivity index (χ2n) is 3.92. The van der Waals surface area contributed by atoms with E-state index >= 15 is 0 Å². The summed E-state index contributed by atoms with van der Waals surface area (Å²) in [6.45, 7) is 4.78. The first kappa shape index (κ1) is 9.01. The van der Waals surface area contributed by atoms with Crippen LogP contribution < -0.4 is 5.32 Å². The summed E-state index contributed by atoms with van der Waals surface area (Å²) in [6.07, 6.45) is 2.66. The molecule has 0 aromatic carbocycles. The largest absolute Gasteiger partial charge is 0.314 e. The van der Waals surface area contributed by atoms with Crippen molar-refractivity contribution in [3.8, 4) is 0 Å². The smallest absolute Gasteiger partial charge is 0.0105 e. The predicted molar refractivity (Wildman–Crippen MR) is 48.7 cm³/mol. The van der Waals surface area contributed by atoms with Crippen LogP contribution >= 0.6 is 0 Å². The van der Waals surface area contributed by atoms with E-state index in [0.717, 1.165) is 12.0 Å². The van der Waals surface area contributed by atoms with Gasteiger partial charge in [-0.1, -0.05) is 6.92 Å². The molecule has 1 aliphatic heterocycles. The molecule has 1 rings (SSSR count). The monoisotopic (exact) mass is 156 g/mol. The average Bonchev–Trinajstić information content (AvgIpc) is 2.31. The highest BCUT2D eigenvalue weighted by molar-refractivity contribution is 4.80. The van der Waals surface area contributed by atoms with E-state index in [-0.39, 0.29) is 0 Å². The normalized spacial score (nSPS) is 31.6. The molecule has 1 aliphatic rings. The summed E-state index contributed by atoms with van der Waals surface area (Å²) in [5.74, 6) is 0.884. The van der Waals surface area contributed by atoms with Crippen molar-refractivity contribution in [1.29, 1.82) is 0 Å². The van der Waals surface area contributed by atoms with Gasteiger partial charge in [0.05, 0.1) is 0 Å². The van der Waals surface area contributed by atoms with Gasteiger partial charge in [0.15, 0.2) is 0 Å². The van der Waals surface area contributed by atoms with E-state index in [1.54, 1.807) is 0 Å². The molecule has 2 nitrogen and oxygen atoms in total. The number of hydrogen-bond acceptors (Lipinski definition) is 2. The van der Waals surface area contributed by atoms with Gasteiger partial charge in [-0.25, -0.2) is 0 Å². The molecule has 0 aliphatic carbocycles. The Bertz CT molecular complexity index is 112. The van der Waals surface area contributed by atoms with Gasteiger partial charge in [-0.2, -0.15) is 0 Å². The summed E-state index contributed by atoms with van der Waals surface area (Å²) < 4.78 is 0. The molecule has 0 aromatic rings. The molecular formula is C9H20N2. The molecule has 1 fully saturated rings. The first-order valence-corrected chi connectivity index (χ1v) is 4.58. The van der Waals surface area contributed by atoms with Gasteiger partial charge >= 0.3 is 0 Å². The lowest BCUT2D eigenvalue weighted by Gasteiger charge is -2.17. The zero-order valence-corrected chi connectivity index (χ0v) is 7.93. The molecule has 0 saturated carbocycles. The van der Waals surface area contributed by atoms with Crippen molar-refractivity contribution in [1.82, 2.24) is 10.2 Å². The maximum absolute atomic E-state index is 3.54. The Balaban J connectivity index is 2.15. The van der Waals surface area contributed by atoms with E-state index in [0.29, 0.717) is 0 Å². The second kappa shape index (κ2) is 4.07. The third-order valence-corrected chi connectivity index (χ3v) is 2.58. The van der Waals surface area contributed by atoms with Gasteiger partial charge in [-0.05, 0) is 45.9 Å². The minimum absolute atomic E-state index is 0.775. The van der Waals surface area contributed by atoms with Gasteiger partial charge < -0.3 is 10.2 Å². The molecule has 0 bridgehead atoms. The second-order valence-corrected chi connectivity index (χ2v) is 3.92. The van der Waals surface area contributed by atoms with Crippen molar-refractivity contribution in [2.45, 2.75) is 25.8 Å². The molecule has 2 unspecified atom stereocenters. The van der Waals surface area contributed by atoms with E-state index in [1.807, 2.05) is 0 Å². The van der Waals surface area contributed by atoms with E-state index in [1.165, 1.54) is 25.9 Å². The van der Waals surface area contributed by atoms with Crippen LogP contribution in [0, 0.1) is 5.92 Å². The summed E-state index contributed by atoms with van der Waals surface area (Å²) in [7, 11) is 4.28. The Hall–Kier alpha value is -0.0800. The highest BCUT2D eigenvalue weighted by Gasteiger charge is 2.21. The van der Waals surface area contributed by atoms with Gasteiger partial charge in [0, 0.05) is 6.04 Å². The predicted octanol–water partition coefficient (Wildman–Crippen LogP) is 0.936. The van der Waals surface area contributed by atoms with E-state index < -0.39 is 0 Å². The summed E-state index contributed by atoms with van der Waals surface area (Å²) in [5.41, 5.74) is 0. The van der Waals surface area contributed by atoms with Crippen LogP contribution in [-0.4, -0.2) is 38.1 Å². The summed E-state index contributed by atoms with van der Waals surface area (Å²) in [5, 5.41) is 3.54. The topological polar surface area (TPSA) is 15.3 Å². The Morgan fingerprint density at radius 3 is 2.64 bits per heavy atom. The third kappa shape index (κ3) is 2.80. The highest BCUT2D eigenvalue weighted by Crippen LogP contribution is 2.16. The van der Waals surface area contributed by atoms with Crippen molar-refractivity contribution >= 4 is 0 Å². The molecule has 11 heavy (non-hydrogen) atoms. The van der Waals surface area contributed by atoms with Crippen LogP contribution in [0.25, 0.3) is 0 Å². The number of hydrogen-bond donors (Lipinski definition) is 1. The van der Waals surface area contributed by atoms with Crippen LogP contribution in [0.1, 0.15) is 19.8 Å². The first-order valence-electron chi connectivity index (χ1n) is 4.58. The molecule has 0 aromatic heterocycles. The van der Waals surface area contributed by atoms with Gasteiger partial charge in [-0.3, -0.25) is 0 Å². The van der Waals surface area contributed by atoms with E-state index in [9.17, 15) is 0 Å². The molecule has 2 heteroatoms. The van der Waals surface area contributed by atoms with Crippen LogP contribution in [-0.2, 0) is 0 Å². The van der Waals surface area contributed by atoms with Crippen molar-refractivity contribution < 1.29 is 0 Å². The molecule has 1 saturated heterocycles. The van der Waals surface area contributed by atoms with Gasteiger partial charge in [-0.15, -0.1) is 0 Å². The lowest BCUT2D eigenvalue weighted by Crippen LogP contribution is -2.29. The summed E-state index contributed by atoms with van der Waals surface area (Å²) in [6, 6.07) is 0.775. The lowest BCUT2D eigenvalue weighted by atomic mass is 10.0. The average molecular weight is 156 g/mol. The lowest BCUT2D eigenvalue weighted by molar-refractivity contribution is 0.347. The Morgan fingerprint density at radius 1 is 1.45 bits per heavy atom. The Kier molecular flexibility index (Phi) is 3.34. The molecule has 2 atom stereocenters. The van der Waals surface area contributed by atoms with Gasteiger partial charge in [0.2, 0.25) is 0 Å². The van der Waals surface area contributed by atoms with Crippen LogP contribution in [0.4, 0.5) is 0 Å². The maximum atomic E-state index is 3.54. The maximum Gasteiger partial charge on any atom is 0.0105 e. The van der Waals surface area contributed by atoms with Crippen LogP contribution in [0.5, 0.6) is 0 Å². The molecule has 0 radical (unpaired) electrons. The van der Waals surface area contributed by atoms with Crippen molar-refractivity contribution in [3.63, 3.8) is 0 Å². The molecule has 1 N–H and O–H groups in total. The molecule has 0 spiro atoms. The third-order valence-electron chi connectivity index (χ3n) is 2.58. The highest BCUT2D eigenvalue weighted by atomic mass is 15.1. The summed E-state index contributed by atoms with van der Waals surface area (Å²) >= 11 is 0. The summed E-state index contributed by atoms with van der Waals surface area (Å²) in [4.78, 5) is 2.26. The number of rotatable bonds is 3. The minimum atomic E-state index is 0.775. The molecular weight excluding hydrogens is 136 g/mol. The standard InChI is InChI=1S/C9H20N2/c1-8-4-6-10-9(8)5-7-11(2)3/h8-10H,4-7H2,1-3H3. The molecule has 0 amide bonds. The van der Waals surface area contributed by atoms with Gasteiger partial charge in [0.25, 0.3) is 0 Å². The fourth-order valence-electron chi connectivity index (χ4n) is 1.68. The van der Waals surface area contributed by atoms with Gasteiger partial charge in [0.1, 0.15) is 0 Å². The quantitative estimate of drug-likeness (QED) is 0.654.